The van der Waals surface area contributed by atoms with Crippen molar-refractivity contribution in [2.24, 2.45) is 11.7 Å². The van der Waals surface area contributed by atoms with E-state index in [1.165, 1.54) is 11.5 Å². The van der Waals surface area contributed by atoms with Gasteiger partial charge < -0.3 is 20.3 Å². The molecule has 0 bridgehead atoms. The van der Waals surface area contributed by atoms with E-state index in [1.54, 1.807) is 9.80 Å². The van der Waals surface area contributed by atoms with Crippen molar-refractivity contribution < 1.29 is 24.0 Å². The molecule has 39 heavy (non-hydrogen) atoms. The number of nitrogens with two attached hydrogens (primary N) is 1. The van der Waals surface area contributed by atoms with E-state index in [0.29, 0.717) is 38.5 Å². The van der Waals surface area contributed by atoms with Gasteiger partial charge in [-0.3, -0.25) is 14.4 Å². The molecule has 1 saturated carbocycles. The summed E-state index contributed by atoms with van der Waals surface area (Å²) in [5.74, 6) is 0.0518. The molecule has 9 nitrogen and oxygen atoms in total. The number of nitrogens with zero attached hydrogens (tertiary/aromatic N) is 3. The predicted molar refractivity (Wildman–Crippen MR) is 148 cm³/mol. The zero-order valence-electron chi connectivity index (χ0n) is 23.5. The molecular weight excluding hydrogens is 496 g/mol. The molecule has 3 aliphatic rings. The highest BCUT2D eigenvalue weighted by molar-refractivity contribution is 5.92. The Kier molecular flexibility index (Phi) is 11.0. The third-order valence-corrected chi connectivity index (χ3v) is 8.25. The van der Waals surface area contributed by atoms with Crippen molar-refractivity contribution in [2.75, 3.05) is 26.2 Å². The molecule has 216 valence electrons. The van der Waals surface area contributed by atoms with Gasteiger partial charge in [-0.1, -0.05) is 69.4 Å². The number of ether oxygens (including phenoxy) is 1. The summed E-state index contributed by atoms with van der Waals surface area (Å²) in [4.78, 5) is 50.8. The third kappa shape index (κ3) is 7.51. The van der Waals surface area contributed by atoms with Gasteiger partial charge >= 0.3 is 6.09 Å². The summed E-state index contributed by atoms with van der Waals surface area (Å²) in [6.07, 6.45) is 8.68. The maximum absolute atomic E-state index is 13.9. The van der Waals surface area contributed by atoms with Crippen LogP contribution < -0.4 is 5.73 Å². The minimum Gasteiger partial charge on any atom is -0.448 e. The number of unbranched alkanes of at least 4 members (excludes halogenated alkanes) is 3. The highest BCUT2D eigenvalue weighted by atomic mass is 16.7. The molecule has 1 unspecified atom stereocenters. The lowest BCUT2D eigenvalue weighted by atomic mass is 9.90. The zero-order valence-corrected chi connectivity index (χ0v) is 23.5. The van der Waals surface area contributed by atoms with Crippen molar-refractivity contribution in [2.45, 2.75) is 102 Å². The SMILES string of the molecule is CCCCCN1CC2N(C(=O)OCC3CCCCC3)O[C@H](Cc3ccccc3)C(=O)N2[C@@H](CCCCN)C1=O. The number of hydroxylamine groups is 2. The molecule has 0 radical (unpaired) electrons. The van der Waals surface area contributed by atoms with E-state index in [-0.39, 0.29) is 18.4 Å². The van der Waals surface area contributed by atoms with Gasteiger partial charge in [0.25, 0.3) is 5.91 Å². The summed E-state index contributed by atoms with van der Waals surface area (Å²) in [5, 5.41) is 1.26. The Bertz CT molecular complexity index is 939. The van der Waals surface area contributed by atoms with Crippen LogP contribution in [0.3, 0.4) is 0 Å². The van der Waals surface area contributed by atoms with Crippen molar-refractivity contribution in [3.63, 3.8) is 0 Å². The third-order valence-electron chi connectivity index (χ3n) is 8.25. The molecule has 2 N–H and O–H groups in total. The van der Waals surface area contributed by atoms with Gasteiger partial charge in [-0.2, -0.15) is 5.06 Å². The van der Waals surface area contributed by atoms with E-state index in [1.807, 2.05) is 30.3 Å². The molecule has 0 aromatic heterocycles. The van der Waals surface area contributed by atoms with Gasteiger partial charge in [0.1, 0.15) is 6.04 Å². The Morgan fingerprint density at radius 2 is 1.79 bits per heavy atom. The van der Waals surface area contributed by atoms with Crippen LogP contribution >= 0.6 is 0 Å². The molecule has 1 aromatic rings. The number of benzene rings is 1. The van der Waals surface area contributed by atoms with Gasteiger partial charge in [0.2, 0.25) is 5.91 Å². The maximum Gasteiger partial charge on any atom is 0.436 e. The first-order valence-electron chi connectivity index (χ1n) is 15.0. The molecule has 2 aliphatic heterocycles. The fraction of sp³-hybridized carbons (Fsp3) is 0.700. The fourth-order valence-corrected chi connectivity index (χ4v) is 6.04. The Labute approximate surface area is 232 Å². The van der Waals surface area contributed by atoms with E-state index >= 15 is 0 Å². The number of hydrogen-bond donors (Lipinski definition) is 1. The largest absolute Gasteiger partial charge is 0.448 e. The summed E-state index contributed by atoms with van der Waals surface area (Å²) < 4.78 is 5.80. The van der Waals surface area contributed by atoms with Crippen LogP contribution in [0.4, 0.5) is 4.79 Å². The fourth-order valence-electron chi connectivity index (χ4n) is 6.04. The number of fused-ring (bicyclic) bond motifs is 1. The Hall–Kier alpha value is -2.65. The molecule has 1 aromatic carbocycles. The second-order valence-electron chi connectivity index (χ2n) is 11.2. The van der Waals surface area contributed by atoms with Crippen molar-refractivity contribution in [1.29, 1.82) is 0 Å². The standard InChI is InChI=1S/C30H46N4O5/c1-2-3-12-19-32-21-27-33(25(28(32)35)17-10-11-18-31)29(36)26(20-23-13-6-4-7-14-23)39-34(27)30(37)38-22-24-15-8-5-9-16-24/h4,6-7,13-14,24-27H,2-3,5,8-12,15-22,31H2,1H3/t25-,26+,27?/m0/s1. The van der Waals surface area contributed by atoms with Gasteiger partial charge in [-0.25, -0.2) is 4.79 Å². The number of rotatable bonds is 12. The Morgan fingerprint density at radius 3 is 2.51 bits per heavy atom. The van der Waals surface area contributed by atoms with Crippen LogP contribution in [0.25, 0.3) is 0 Å². The molecule has 1 aliphatic carbocycles. The summed E-state index contributed by atoms with van der Waals surface area (Å²) in [6, 6.07) is 8.96. The molecule has 3 amide bonds. The van der Waals surface area contributed by atoms with Gasteiger partial charge in [0, 0.05) is 13.0 Å². The molecule has 2 saturated heterocycles. The first kappa shape index (κ1) is 29.3. The van der Waals surface area contributed by atoms with E-state index < -0.39 is 24.4 Å². The smallest absolute Gasteiger partial charge is 0.436 e. The van der Waals surface area contributed by atoms with Gasteiger partial charge in [-0.05, 0) is 56.6 Å². The van der Waals surface area contributed by atoms with Crippen molar-refractivity contribution >= 4 is 17.9 Å². The van der Waals surface area contributed by atoms with Gasteiger partial charge in [-0.15, -0.1) is 0 Å². The van der Waals surface area contributed by atoms with Crippen LogP contribution in [0, 0.1) is 5.92 Å². The topological polar surface area (TPSA) is 105 Å². The normalized spacial score (nSPS) is 24.2. The number of carbonyl (C=O) groups excluding carboxylic acids is 3. The number of piperazine rings is 1. The monoisotopic (exact) mass is 542 g/mol. The van der Waals surface area contributed by atoms with Crippen molar-refractivity contribution in [3.05, 3.63) is 35.9 Å². The van der Waals surface area contributed by atoms with Crippen LogP contribution in [0.1, 0.15) is 83.1 Å². The number of hydrogen-bond acceptors (Lipinski definition) is 6. The number of carbonyl (C=O) groups is 3. The second-order valence-corrected chi connectivity index (χ2v) is 11.2. The molecular formula is C30H46N4O5. The number of amides is 3. The van der Waals surface area contributed by atoms with Crippen LogP contribution in [0.2, 0.25) is 0 Å². The summed E-state index contributed by atoms with van der Waals surface area (Å²) in [7, 11) is 0. The summed E-state index contributed by atoms with van der Waals surface area (Å²) in [6.45, 7) is 3.81. The highest BCUT2D eigenvalue weighted by Crippen LogP contribution is 2.32. The van der Waals surface area contributed by atoms with Crippen LogP contribution in [0.15, 0.2) is 30.3 Å². The summed E-state index contributed by atoms with van der Waals surface area (Å²) >= 11 is 0. The van der Waals surface area contributed by atoms with Crippen LogP contribution in [-0.2, 0) is 25.6 Å². The molecule has 2 heterocycles. The summed E-state index contributed by atoms with van der Waals surface area (Å²) in [5.41, 5.74) is 6.67. The van der Waals surface area contributed by atoms with E-state index in [0.717, 1.165) is 63.4 Å². The van der Waals surface area contributed by atoms with E-state index in [4.69, 9.17) is 15.3 Å². The first-order chi connectivity index (χ1) is 19.0. The molecule has 0 spiro atoms. The second kappa shape index (κ2) is 14.7. The molecule has 3 atom stereocenters. The minimum absolute atomic E-state index is 0.0522. The lowest BCUT2D eigenvalue weighted by Gasteiger charge is -2.52. The van der Waals surface area contributed by atoms with Crippen LogP contribution in [-0.4, -0.2) is 77.3 Å². The predicted octanol–water partition coefficient (Wildman–Crippen LogP) is 4.25. The zero-order chi connectivity index (χ0) is 27.6. The first-order valence-corrected chi connectivity index (χ1v) is 15.0. The highest BCUT2D eigenvalue weighted by Gasteiger charge is 2.53. The minimum atomic E-state index is -0.915. The van der Waals surface area contributed by atoms with E-state index in [2.05, 4.69) is 6.92 Å². The van der Waals surface area contributed by atoms with Crippen LogP contribution in [0.5, 0.6) is 0 Å². The quantitative estimate of drug-likeness (QED) is 0.396. The van der Waals surface area contributed by atoms with Gasteiger partial charge in [0.15, 0.2) is 12.3 Å². The van der Waals surface area contributed by atoms with Crippen molar-refractivity contribution in [3.8, 4) is 0 Å². The molecule has 4 rings (SSSR count). The Balaban J connectivity index is 1.59. The maximum atomic E-state index is 13.9. The van der Waals surface area contributed by atoms with Crippen molar-refractivity contribution in [1.82, 2.24) is 14.9 Å². The Morgan fingerprint density at radius 1 is 1.03 bits per heavy atom. The van der Waals surface area contributed by atoms with Gasteiger partial charge in [0.05, 0.1) is 13.2 Å². The molecule has 3 fully saturated rings. The lowest BCUT2D eigenvalue weighted by molar-refractivity contribution is -0.267. The average Bonchev–Trinajstić information content (AvgIpc) is 2.96. The lowest BCUT2D eigenvalue weighted by Crippen LogP contribution is -2.73. The van der Waals surface area contributed by atoms with E-state index in [9.17, 15) is 14.4 Å². The average molecular weight is 543 g/mol. The molecule has 9 heteroatoms.